The fourth-order valence-corrected chi connectivity index (χ4v) is 1.38. The summed E-state index contributed by atoms with van der Waals surface area (Å²) in [6, 6.07) is 0. The molecule has 100 valence electrons. The minimum absolute atomic E-state index is 0. The highest BCUT2D eigenvalue weighted by Crippen LogP contribution is 1.96. The van der Waals surface area contributed by atoms with Crippen molar-refractivity contribution < 1.29 is 9.53 Å². The van der Waals surface area contributed by atoms with E-state index >= 15 is 0 Å². The molecule has 1 aliphatic heterocycles. The third kappa shape index (κ3) is 6.06. The number of rotatable bonds is 3. The van der Waals surface area contributed by atoms with Gasteiger partial charge in [0.25, 0.3) is 0 Å². The highest BCUT2D eigenvalue weighted by atomic mass is 127. The van der Waals surface area contributed by atoms with Crippen LogP contribution in [-0.4, -0.2) is 68.6 Å². The Bertz CT molecular complexity index is 265. The largest absolute Gasteiger partial charge is 0.378 e. The lowest BCUT2D eigenvalue weighted by Gasteiger charge is -2.27. The minimum Gasteiger partial charge on any atom is -0.378 e. The zero-order chi connectivity index (χ0) is 12.0. The number of nitrogens with two attached hydrogens (primary N) is 1. The maximum atomic E-state index is 11.3. The second kappa shape index (κ2) is 8.51. The van der Waals surface area contributed by atoms with E-state index in [1.807, 2.05) is 4.90 Å². The van der Waals surface area contributed by atoms with Crippen molar-refractivity contribution in [2.24, 2.45) is 10.7 Å². The van der Waals surface area contributed by atoms with Crippen LogP contribution in [-0.2, 0) is 9.53 Å². The lowest BCUT2D eigenvalue weighted by molar-refractivity contribution is -0.128. The third-order valence-corrected chi connectivity index (χ3v) is 2.43. The summed E-state index contributed by atoms with van der Waals surface area (Å²) in [6.07, 6.45) is 0.401. The zero-order valence-electron chi connectivity index (χ0n) is 10.4. The van der Waals surface area contributed by atoms with Crippen molar-refractivity contribution in [1.29, 1.82) is 0 Å². The summed E-state index contributed by atoms with van der Waals surface area (Å²) in [5.41, 5.74) is 5.81. The monoisotopic (exact) mass is 356 g/mol. The van der Waals surface area contributed by atoms with Gasteiger partial charge in [-0.05, 0) is 0 Å². The van der Waals surface area contributed by atoms with Crippen LogP contribution in [0.3, 0.4) is 0 Å². The number of guanidine groups is 1. The fourth-order valence-electron chi connectivity index (χ4n) is 1.38. The van der Waals surface area contributed by atoms with Crippen LogP contribution in [0.5, 0.6) is 0 Å². The maximum Gasteiger partial charge on any atom is 0.223 e. The Kier molecular flexibility index (Phi) is 8.23. The summed E-state index contributed by atoms with van der Waals surface area (Å²) < 4.78 is 5.21. The van der Waals surface area contributed by atoms with Crippen molar-refractivity contribution in [3.63, 3.8) is 0 Å². The average molecular weight is 356 g/mol. The highest BCUT2D eigenvalue weighted by molar-refractivity contribution is 14.0. The van der Waals surface area contributed by atoms with E-state index in [-0.39, 0.29) is 29.9 Å². The van der Waals surface area contributed by atoms with Gasteiger partial charge in [-0.1, -0.05) is 0 Å². The van der Waals surface area contributed by atoms with E-state index in [1.165, 1.54) is 0 Å². The Balaban J connectivity index is 0.00000256. The van der Waals surface area contributed by atoms with Crippen molar-refractivity contribution in [2.45, 2.75) is 6.42 Å². The van der Waals surface area contributed by atoms with Crippen LogP contribution in [0.25, 0.3) is 0 Å². The second-order valence-corrected chi connectivity index (χ2v) is 3.88. The number of ether oxygens (including phenoxy) is 1. The summed E-state index contributed by atoms with van der Waals surface area (Å²) in [5, 5.41) is 0. The molecule has 1 aliphatic rings. The quantitative estimate of drug-likeness (QED) is 0.429. The summed E-state index contributed by atoms with van der Waals surface area (Å²) >= 11 is 0. The van der Waals surface area contributed by atoms with Crippen LogP contribution >= 0.6 is 24.0 Å². The first kappa shape index (κ1) is 16.4. The molecule has 6 nitrogen and oxygen atoms in total. The van der Waals surface area contributed by atoms with Crippen LogP contribution in [0.4, 0.5) is 0 Å². The van der Waals surface area contributed by atoms with Gasteiger partial charge in [0, 0.05) is 33.6 Å². The smallest absolute Gasteiger partial charge is 0.223 e. The minimum atomic E-state index is 0. The number of amides is 1. The van der Waals surface area contributed by atoms with E-state index in [4.69, 9.17) is 10.5 Å². The molecule has 0 aromatic rings. The number of carbonyl (C=O) groups excluding carboxylic acids is 1. The van der Waals surface area contributed by atoms with Gasteiger partial charge in [0.15, 0.2) is 5.96 Å². The molecule has 7 heteroatoms. The molecule has 1 fully saturated rings. The van der Waals surface area contributed by atoms with Crippen molar-refractivity contribution in [2.75, 3.05) is 46.9 Å². The molecule has 0 saturated carbocycles. The molecular formula is C10H21IN4O2. The van der Waals surface area contributed by atoms with Gasteiger partial charge in [-0.3, -0.25) is 9.79 Å². The van der Waals surface area contributed by atoms with Crippen LogP contribution in [0.15, 0.2) is 4.99 Å². The number of nitrogens with zero attached hydrogens (tertiary/aromatic N) is 3. The Morgan fingerprint density at radius 2 is 2.00 bits per heavy atom. The average Bonchev–Trinajstić information content (AvgIpc) is 2.29. The van der Waals surface area contributed by atoms with Crippen LogP contribution in [0.2, 0.25) is 0 Å². The topological polar surface area (TPSA) is 71.2 Å². The van der Waals surface area contributed by atoms with E-state index < -0.39 is 0 Å². The second-order valence-electron chi connectivity index (χ2n) is 3.88. The SMILES string of the molecule is CN(C)C(=O)CCN=C(N)N1CCOCC1.I. The Morgan fingerprint density at radius 1 is 1.41 bits per heavy atom. The van der Waals surface area contributed by atoms with Gasteiger partial charge in [-0.2, -0.15) is 0 Å². The summed E-state index contributed by atoms with van der Waals surface area (Å²) in [4.78, 5) is 19.0. The van der Waals surface area contributed by atoms with E-state index in [2.05, 4.69) is 4.99 Å². The maximum absolute atomic E-state index is 11.3. The Morgan fingerprint density at radius 3 is 2.53 bits per heavy atom. The molecule has 0 unspecified atom stereocenters. The fraction of sp³-hybridized carbons (Fsp3) is 0.800. The van der Waals surface area contributed by atoms with E-state index in [0.29, 0.717) is 32.1 Å². The molecule has 17 heavy (non-hydrogen) atoms. The van der Waals surface area contributed by atoms with Crippen molar-refractivity contribution in [3.8, 4) is 0 Å². The lowest BCUT2D eigenvalue weighted by atomic mass is 10.4. The number of halogens is 1. The molecule has 1 saturated heterocycles. The van der Waals surface area contributed by atoms with Crippen LogP contribution < -0.4 is 5.73 Å². The van der Waals surface area contributed by atoms with E-state index in [1.54, 1.807) is 19.0 Å². The molecule has 1 rings (SSSR count). The van der Waals surface area contributed by atoms with Crippen LogP contribution in [0.1, 0.15) is 6.42 Å². The Labute approximate surface area is 119 Å². The van der Waals surface area contributed by atoms with Gasteiger partial charge in [0.1, 0.15) is 0 Å². The summed E-state index contributed by atoms with van der Waals surface area (Å²) in [5.74, 6) is 0.577. The van der Waals surface area contributed by atoms with Crippen molar-refractivity contribution in [3.05, 3.63) is 0 Å². The van der Waals surface area contributed by atoms with Crippen LogP contribution in [0, 0.1) is 0 Å². The molecule has 0 atom stereocenters. The molecule has 0 spiro atoms. The number of carbonyl (C=O) groups is 1. The standard InChI is InChI=1S/C10H20N4O2.HI/c1-13(2)9(15)3-4-12-10(11)14-5-7-16-8-6-14;/h3-8H2,1-2H3,(H2,11,12);1H. The first-order chi connectivity index (χ1) is 7.61. The van der Waals surface area contributed by atoms with Gasteiger partial charge in [-0.25, -0.2) is 0 Å². The van der Waals surface area contributed by atoms with Gasteiger partial charge in [0.2, 0.25) is 5.91 Å². The highest BCUT2D eigenvalue weighted by Gasteiger charge is 2.12. The van der Waals surface area contributed by atoms with Gasteiger partial charge >= 0.3 is 0 Å². The molecule has 0 aromatic carbocycles. The number of hydrogen-bond acceptors (Lipinski definition) is 3. The van der Waals surface area contributed by atoms with Crippen molar-refractivity contribution >= 4 is 35.8 Å². The number of morpholine rings is 1. The molecule has 1 amide bonds. The van der Waals surface area contributed by atoms with E-state index in [9.17, 15) is 4.79 Å². The molecule has 0 aromatic heterocycles. The molecule has 2 N–H and O–H groups in total. The summed E-state index contributed by atoms with van der Waals surface area (Å²) in [7, 11) is 3.47. The predicted molar refractivity (Wildman–Crippen MR) is 77.6 cm³/mol. The zero-order valence-corrected chi connectivity index (χ0v) is 12.7. The van der Waals surface area contributed by atoms with Gasteiger partial charge in [-0.15, -0.1) is 24.0 Å². The summed E-state index contributed by atoms with van der Waals surface area (Å²) in [6.45, 7) is 3.37. The number of aliphatic imine (C=N–C) groups is 1. The molecule has 0 aliphatic carbocycles. The van der Waals surface area contributed by atoms with Gasteiger partial charge in [0.05, 0.1) is 19.8 Å². The molecule has 1 heterocycles. The Hall–Kier alpha value is -0.570. The lowest BCUT2D eigenvalue weighted by Crippen LogP contribution is -2.44. The van der Waals surface area contributed by atoms with Crippen molar-refractivity contribution in [1.82, 2.24) is 9.80 Å². The first-order valence-electron chi connectivity index (χ1n) is 5.44. The normalized spacial score (nSPS) is 16.4. The number of hydrogen-bond donors (Lipinski definition) is 1. The molecule has 0 radical (unpaired) electrons. The first-order valence-corrected chi connectivity index (χ1v) is 5.44. The van der Waals surface area contributed by atoms with Gasteiger partial charge < -0.3 is 20.3 Å². The molecular weight excluding hydrogens is 335 g/mol. The molecule has 0 bridgehead atoms. The third-order valence-electron chi connectivity index (χ3n) is 2.43. The van der Waals surface area contributed by atoms with E-state index in [0.717, 1.165) is 13.1 Å². The predicted octanol–water partition coefficient (Wildman–Crippen LogP) is -0.270.